The molecule has 10 nitrogen and oxygen atoms in total. The van der Waals surface area contributed by atoms with Crippen molar-refractivity contribution in [2.75, 3.05) is 50.0 Å². The van der Waals surface area contributed by atoms with Crippen molar-refractivity contribution in [2.45, 2.75) is 33.1 Å². The number of anilines is 2. The number of nitrogens with zero attached hydrogens (tertiary/aromatic N) is 5. The summed E-state index contributed by atoms with van der Waals surface area (Å²) in [5.74, 6) is 1.95. The average molecular weight is 568 g/mol. The van der Waals surface area contributed by atoms with E-state index in [2.05, 4.69) is 55.4 Å². The zero-order valence-electron chi connectivity index (χ0n) is 24.3. The molecule has 2 N–H and O–H groups in total. The van der Waals surface area contributed by atoms with Crippen molar-refractivity contribution in [3.05, 3.63) is 83.8 Å². The van der Waals surface area contributed by atoms with Gasteiger partial charge in [0.25, 0.3) is 5.91 Å². The van der Waals surface area contributed by atoms with Gasteiger partial charge in [0.1, 0.15) is 12.1 Å². The van der Waals surface area contributed by atoms with Gasteiger partial charge in [0.15, 0.2) is 5.82 Å². The molecule has 10 heteroatoms. The molecule has 4 aromatic rings. The van der Waals surface area contributed by atoms with Gasteiger partial charge in [-0.25, -0.2) is 15.0 Å². The van der Waals surface area contributed by atoms with Crippen LogP contribution < -0.4 is 15.4 Å². The number of aryl methyl sites for hydroxylation is 1. The molecule has 42 heavy (non-hydrogen) atoms. The summed E-state index contributed by atoms with van der Waals surface area (Å²) in [6, 6.07) is 16.9. The minimum atomic E-state index is -0.219. The normalized spacial score (nSPS) is 13.6. The third-order valence-corrected chi connectivity index (χ3v) is 7.09. The summed E-state index contributed by atoms with van der Waals surface area (Å²) in [5, 5.41) is 6.29. The summed E-state index contributed by atoms with van der Waals surface area (Å²) in [4.78, 5) is 33.2. The van der Waals surface area contributed by atoms with Crippen LogP contribution >= 0.6 is 0 Å². The van der Waals surface area contributed by atoms with Crippen LogP contribution in [0.4, 0.5) is 11.6 Å². The number of amides is 1. The largest absolute Gasteiger partial charge is 0.438 e. The number of carbonyl (C=O) groups excluding carboxylic acids is 1. The van der Waals surface area contributed by atoms with Gasteiger partial charge in [0.2, 0.25) is 11.8 Å². The van der Waals surface area contributed by atoms with Crippen LogP contribution in [0.1, 0.15) is 47.7 Å². The lowest BCUT2D eigenvalue weighted by Crippen LogP contribution is -2.37. The highest BCUT2D eigenvalue weighted by Crippen LogP contribution is 2.32. The summed E-state index contributed by atoms with van der Waals surface area (Å²) in [6.45, 7) is 11.4. The number of carbonyl (C=O) groups is 1. The maximum atomic E-state index is 13.1. The van der Waals surface area contributed by atoms with Crippen molar-refractivity contribution >= 4 is 17.5 Å². The van der Waals surface area contributed by atoms with Crippen LogP contribution in [-0.2, 0) is 4.74 Å². The summed E-state index contributed by atoms with van der Waals surface area (Å²) in [5.41, 5.74) is 3.88. The number of hydrogen-bond donors (Lipinski definition) is 2. The Bertz CT molecular complexity index is 1510. The molecule has 3 heterocycles. The van der Waals surface area contributed by atoms with E-state index in [1.54, 1.807) is 18.3 Å². The van der Waals surface area contributed by atoms with Gasteiger partial charge in [0.05, 0.1) is 18.8 Å². The smallest absolute Gasteiger partial charge is 0.255 e. The molecule has 0 bridgehead atoms. The highest BCUT2D eigenvalue weighted by atomic mass is 16.5. The molecule has 1 fully saturated rings. The van der Waals surface area contributed by atoms with E-state index < -0.39 is 0 Å². The predicted octanol–water partition coefficient (Wildman–Crippen LogP) is 5.54. The molecule has 1 amide bonds. The van der Waals surface area contributed by atoms with Gasteiger partial charge >= 0.3 is 0 Å². The van der Waals surface area contributed by atoms with Gasteiger partial charge in [-0.1, -0.05) is 32.0 Å². The van der Waals surface area contributed by atoms with E-state index in [1.807, 2.05) is 43.3 Å². The van der Waals surface area contributed by atoms with Gasteiger partial charge < -0.3 is 20.1 Å². The van der Waals surface area contributed by atoms with E-state index in [9.17, 15) is 4.79 Å². The van der Waals surface area contributed by atoms with E-state index in [0.717, 1.165) is 62.6 Å². The van der Waals surface area contributed by atoms with Crippen LogP contribution in [-0.4, -0.2) is 70.1 Å². The molecule has 1 aliphatic heterocycles. The van der Waals surface area contributed by atoms with Crippen LogP contribution in [0.15, 0.2) is 67.1 Å². The number of rotatable bonds is 11. The molecule has 2 aromatic carbocycles. The number of benzene rings is 2. The van der Waals surface area contributed by atoms with E-state index >= 15 is 0 Å². The number of pyridine rings is 1. The fourth-order valence-electron chi connectivity index (χ4n) is 4.62. The van der Waals surface area contributed by atoms with Gasteiger partial charge in [-0.2, -0.15) is 4.98 Å². The molecule has 218 valence electrons. The maximum absolute atomic E-state index is 13.1. The van der Waals surface area contributed by atoms with E-state index in [1.165, 1.54) is 6.33 Å². The molecule has 1 aliphatic rings. The summed E-state index contributed by atoms with van der Waals surface area (Å²) >= 11 is 0. The first-order valence-corrected chi connectivity index (χ1v) is 14.3. The van der Waals surface area contributed by atoms with Crippen molar-refractivity contribution in [2.24, 2.45) is 0 Å². The Morgan fingerprint density at radius 3 is 2.74 bits per heavy atom. The van der Waals surface area contributed by atoms with Gasteiger partial charge in [-0.05, 0) is 73.3 Å². The first-order chi connectivity index (χ1) is 20.5. The van der Waals surface area contributed by atoms with Crippen LogP contribution in [0.2, 0.25) is 0 Å². The third-order valence-electron chi connectivity index (χ3n) is 7.09. The van der Waals surface area contributed by atoms with E-state index in [4.69, 9.17) is 9.47 Å². The molecular weight excluding hydrogens is 530 g/mol. The predicted molar refractivity (Wildman–Crippen MR) is 163 cm³/mol. The lowest BCUT2D eigenvalue weighted by Gasteiger charge is -2.26. The number of nitrogens with one attached hydrogen (secondary N) is 2. The summed E-state index contributed by atoms with van der Waals surface area (Å²) < 4.78 is 11.7. The molecular formula is C32H37N7O3. The number of aromatic nitrogens is 4. The van der Waals surface area contributed by atoms with Crippen LogP contribution in [0.3, 0.4) is 0 Å². The average Bonchev–Trinajstić information content (AvgIpc) is 3.01. The van der Waals surface area contributed by atoms with E-state index in [0.29, 0.717) is 40.4 Å². The monoisotopic (exact) mass is 567 g/mol. The SMILES string of the molecule is Cc1ccc(C(=O)Nc2cccc(C(C)C)c2)cc1Oc1ncccc1-c1ncnc(NCCCN2CCOCC2)n1. The molecule has 0 radical (unpaired) electrons. The van der Waals surface area contributed by atoms with Crippen LogP contribution in [0.25, 0.3) is 11.4 Å². The number of morpholine rings is 1. The Hall–Kier alpha value is -4.41. The summed E-state index contributed by atoms with van der Waals surface area (Å²) in [6.07, 6.45) is 4.10. The third kappa shape index (κ3) is 7.65. The van der Waals surface area contributed by atoms with Gasteiger partial charge in [-0.3, -0.25) is 9.69 Å². The Labute approximate surface area is 246 Å². The minimum Gasteiger partial charge on any atom is -0.438 e. The zero-order valence-corrected chi connectivity index (χ0v) is 24.3. The fraction of sp³-hybridized carbons (Fsp3) is 0.344. The topological polar surface area (TPSA) is 114 Å². The first kappa shape index (κ1) is 29.1. The summed E-state index contributed by atoms with van der Waals surface area (Å²) in [7, 11) is 0. The van der Waals surface area contributed by atoms with E-state index in [-0.39, 0.29) is 5.91 Å². The lowest BCUT2D eigenvalue weighted by molar-refractivity contribution is 0.0378. The Morgan fingerprint density at radius 1 is 1.05 bits per heavy atom. The second-order valence-corrected chi connectivity index (χ2v) is 10.5. The zero-order chi connectivity index (χ0) is 29.3. The Morgan fingerprint density at radius 2 is 1.90 bits per heavy atom. The number of hydrogen-bond acceptors (Lipinski definition) is 9. The molecule has 2 aromatic heterocycles. The second kappa shape index (κ2) is 14.0. The van der Waals surface area contributed by atoms with Gasteiger partial charge in [0, 0.05) is 37.1 Å². The minimum absolute atomic E-state index is 0.219. The molecule has 0 spiro atoms. The Balaban J connectivity index is 1.27. The lowest BCUT2D eigenvalue weighted by atomic mass is 10.0. The van der Waals surface area contributed by atoms with Crippen molar-refractivity contribution in [3.8, 4) is 23.0 Å². The van der Waals surface area contributed by atoms with Crippen LogP contribution in [0, 0.1) is 6.92 Å². The molecule has 0 atom stereocenters. The highest BCUT2D eigenvalue weighted by molar-refractivity contribution is 6.04. The quantitative estimate of drug-likeness (QED) is 0.225. The van der Waals surface area contributed by atoms with Crippen molar-refractivity contribution in [3.63, 3.8) is 0 Å². The standard InChI is InChI=1S/C32H37N7O3/c1-22(2)24-7-4-8-26(19-24)37-30(40)25-11-10-23(3)28(20-25)42-31-27(9-5-12-33-31)29-35-21-36-32(38-29)34-13-6-14-39-15-17-41-18-16-39/h4-5,7-12,19-22H,6,13-18H2,1-3H3,(H,37,40)(H,34,35,36,38). The van der Waals surface area contributed by atoms with Crippen molar-refractivity contribution in [1.29, 1.82) is 0 Å². The first-order valence-electron chi connectivity index (χ1n) is 14.3. The molecule has 0 aliphatic carbocycles. The van der Waals surface area contributed by atoms with Crippen LogP contribution in [0.5, 0.6) is 11.6 Å². The Kier molecular flexibility index (Phi) is 9.68. The maximum Gasteiger partial charge on any atom is 0.255 e. The number of ether oxygens (including phenoxy) is 2. The molecule has 0 saturated carbocycles. The van der Waals surface area contributed by atoms with Crippen molar-refractivity contribution in [1.82, 2.24) is 24.8 Å². The van der Waals surface area contributed by atoms with Gasteiger partial charge in [-0.15, -0.1) is 0 Å². The second-order valence-electron chi connectivity index (χ2n) is 10.5. The highest BCUT2D eigenvalue weighted by Gasteiger charge is 2.16. The van der Waals surface area contributed by atoms with Crippen molar-refractivity contribution < 1.29 is 14.3 Å². The molecule has 5 rings (SSSR count). The molecule has 1 saturated heterocycles. The molecule has 0 unspecified atom stereocenters. The fourth-order valence-corrected chi connectivity index (χ4v) is 4.62.